The van der Waals surface area contributed by atoms with E-state index in [1.165, 1.54) is 24.3 Å². The lowest BCUT2D eigenvalue weighted by Gasteiger charge is -2.10. The van der Waals surface area contributed by atoms with E-state index in [4.69, 9.17) is 4.74 Å². The lowest BCUT2D eigenvalue weighted by Crippen LogP contribution is -2.20. The maximum Gasteiger partial charge on any atom is 0.310 e. The molecule has 1 N–H and O–H groups in total. The van der Waals surface area contributed by atoms with E-state index in [2.05, 4.69) is 21.2 Å². The first kappa shape index (κ1) is 19.6. The Labute approximate surface area is 166 Å². The molecule has 1 aliphatic heterocycles. The summed E-state index contributed by atoms with van der Waals surface area (Å²) in [7, 11) is -3.60. The van der Waals surface area contributed by atoms with Crippen molar-refractivity contribution in [2.24, 2.45) is 5.92 Å². The Morgan fingerprint density at radius 3 is 2.48 bits per heavy atom. The van der Waals surface area contributed by atoms with Gasteiger partial charge in [-0.1, -0.05) is 34.1 Å². The summed E-state index contributed by atoms with van der Waals surface area (Å²) in [6.07, 6.45) is 0.618. The third-order valence-corrected chi connectivity index (χ3v) is 6.88. The quantitative estimate of drug-likeness (QED) is 0.681. The number of esters is 1. The minimum absolute atomic E-state index is 0.117. The zero-order chi connectivity index (χ0) is 19.4. The van der Waals surface area contributed by atoms with E-state index in [1.807, 2.05) is 24.3 Å². The van der Waals surface area contributed by atoms with Gasteiger partial charge in [-0.25, -0.2) is 8.42 Å². The van der Waals surface area contributed by atoms with Gasteiger partial charge in [0.25, 0.3) is 0 Å². The highest BCUT2D eigenvalue weighted by atomic mass is 79.9. The second-order valence-corrected chi connectivity index (χ2v) is 9.16. The van der Waals surface area contributed by atoms with Gasteiger partial charge in [0.1, 0.15) is 0 Å². The number of hydrogen-bond donors (Lipinski definition) is 1. The van der Waals surface area contributed by atoms with Crippen LogP contribution in [-0.4, -0.2) is 32.7 Å². The average Bonchev–Trinajstić information content (AvgIpc) is 3.01. The summed E-state index contributed by atoms with van der Waals surface area (Å²) in [4.78, 5) is 23.8. The first-order chi connectivity index (χ1) is 12.8. The number of benzene rings is 2. The molecule has 0 spiro atoms. The van der Waals surface area contributed by atoms with Crippen LogP contribution in [0.3, 0.4) is 0 Å². The van der Waals surface area contributed by atoms with Crippen molar-refractivity contribution in [2.75, 3.05) is 17.7 Å². The fourth-order valence-electron chi connectivity index (χ4n) is 2.82. The molecule has 1 aliphatic rings. The van der Waals surface area contributed by atoms with Gasteiger partial charge in [-0.15, -0.1) is 0 Å². The number of rotatable bonds is 6. The van der Waals surface area contributed by atoms with Crippen LogP contribution in [0.1, 0.15) is 12.0 Å². The van der Waals surface area contributed by atoms with Crippen molar-refractivity contribution in [3.05, 3.63) is 58.6 Å². The second-order valence-electron chi connectivity index (χ2n) is 6.28. The standard InChI is InChI=1S/C19H18BrNO5S/c20-17-4-2-1-3-13(17)11-18(22)21-15-5-7-16(8-6-15)27(24,25)12-14-9-10-26-19(14)23/h1-8,14H,9-12H2,(H,21,22). The van der Waals surface area contributed by atoms with Crippen LogP contribution in [0.4, 0.5) is 5.69 Å². The topological polar surface area (TPSA) is 89.5 Å². The van der Waals surface area contributed by atoms with E-state index >= 15 is 0 Å². The minimum atomic E-state index is -3.60. The molecule has 8 heteroatoms. The fourth-order valence-corrected chi connectivity index (χ4v) is 4.82. The molecular weight excluding hydrogens is 434 g/mol. The first-order valence-electron chi connectivity index (χ1n) is 8.38. The molecule has 2 aromatic rings. The van der Waals surface area contributed by atoms with Crippen LogP contribution in [0.5, 0.6) is 0 Å². The van der Waals surface area contributed by atoms with Crippen LogP contribution in [0.15, 0.2) is 57.9 Å². The number of amides is 1. The number of sulfone groups is 1. The molecule has 2 aromatic carbocycles. The molecule has 1 saturated heterocycles. The Bertz CT molecular complexity index is 956. The zero-order valence-corrected chi connectivity index (χ0v) is 16.8. The molecule has 0 saturated carbocycles. The number of halogens is 1. The molecule has 1 unspecified atom stereocenters. The van der Waals surface area contributed by atoms with Crippen molar-refractivity contribution >= 4 is 43.3 Å². The Hall–Kier alpha value is -2.19. The van der Waals surface area contributed by atoms with Crippen molar-refractivity contribution in [1.82, 2.24) is 0 Å². The van der Waals surface area contributed by atoms with E-state index < -0.39 is 21.7 Å². The summed E-state index contributed by atoms with van der Waals surface area (Å²) in [6, 6.07) is 13.4. The highest BCUT2D eigenvalue weighted by molar-refractivity contribution is 9.10. The highest BCUT2D eigenvalue weighted by Crippen LogP contribution is 2.23. The van der Waals surface area contributed by atoms with E-state index in [0.29, 0.717) is 12.1 Å². The molecule has 142 valence electrons. The number of anilines is 1. The maximum atomic E-state index is 12.4. The predicted molar refractivity (Wildman–Crippen MR) is 104 cm³/mol. The molecule has 1 amide bonds. The van der Waals surface area contributed by atoms with Gasteiger partial charge in [0.05, 0.1) is 29.6 Å². The summed E-state index contributed by atoms with van der Waals surface area (Å²) < 4.78 is 30.6. The van der Waals surface area contributed by atoms with Crippen LogP contribution in [-0.2, 0) is 30.6 Å². The van der Waals surface area contributed by atoms with Crippen molar-refractivity contribution in [3.8, 4) is 0 Å². The number of carbonyl (C=O) groups is 2. The van der Waals surface area contributed by atoms with Crippen molar-refractivity contribution < 1.29 is 22.7 Å². The van der Waals surface area contributed by atoms with Crippen LogP contribution in [0, 0.1) is 5.92 Å². The number of cyclic esters (lactones) is 1. The summed E-state index contributed by atoms with van der Waals surface area (Å²) in [5.74, 6) is -1.54. The van der Waals surface area contributed by atoms with Gasteiger partial charge in [-0.05, 0) is 42.3 Å². The van der Waals surface area contributed by atoms with E-state index in [1.54, 1.807) is 0 Å². The fraction of sp³-hybridized carbons (Fsp3) is 0.263. The van der Waals surface area contributed by atoms with Crippen molar-refractivity contribution in [1.29, 1.82) is 0 Å². The molecule has 3 rings (SSSR count). The molecule has 0 aliphatic carbocycles. The van der Waals surface area contributed by atoms with Gasteiger partial charge in [-0.2, -0.15) is 0 Å². The van der Waals surface area contributed by atoms with Crippen LogP contribution >= 0.6 is 15.9 Å². The SMILES string of the molecule is O=C(Cc1ccccc1Br)Nc1ccc(S(=O)(=O)CC2CCOC2=O)cc1. The summed E-state index contributed by atoms with van der Waals surface area (Å²) >= 11 is 3.40. The maximum absolute atomic E-state index is 12.4. The number of carbonyl (C=O) groups excluding carboxylic acids is 2. The minimum Gasteiger partial charge on any atom is -0.465 e. The normalized spacial score (nSPS) is 16.8. The molecule has 0 aromatic heterocycles. The smallest absolute Gasteiger partial charge is 0.310 e. The first-order valence-corrected chi connectivity index (χ1v) is 10.8. The Kier molecular flexibility index (Phi) is 5.96. The van der Waals surface area contributed by atoms with E-state index in [0.717, 1.165) is 10.0 Å². The zero-order valence-electron chi connectivity index (χ0n) is 14.4. The summed E-state index contributed by atoms with van der Waals surface area (Å²) in [5, 5.41) is 2.75. The lowest BCUT2D eigenvalue weighted by atomic mass is 10.1. The van der Waals surface area contributed by atoms with Gasteiger partial charge in [0, 0.05) is 10.2 Å². The molecule has 1 heterocycles. The summed E-state index contributed by atoms with van der Waals surface area (Å²) in [6.45, 7) is 0.265. The third kappa shape index (κ3) is 4.95. The average molecular weight is 452 g/mol. The van der Waals surface area contributed by atoms with Crippen LogP contribution < -0.4 is 5.32 Å². The van der Waals surface area contributed by atoms with E-state index in [-0.39, 0.29) is 29.6 Å². The van der Waals surface area contributed by atoms with Crippen LogP contribution in [0.2, 0.25) is 0 Å². The molecule has 0 radical (unpaired) electrons. The molecular formula is C19H18BrNO5S. The highest BCUT2D eigenvalue weighted by Gasteiger charge is 2.32. The number of hydrogen-bond acceptors (Lipinski definition) is 5. The Morgan fingerprint density at radius 1 is 1.15 bits per heavy atom. The lowest BCUT2D eigenvalue weighted by molar-refractivity contribution is -0.140. The van der Waals surface area contributed by atoms with Gasteiger partial charge in [0.2, 0.25) is 5.91 Å². The van der Waals surface area contributed by atoms with Crippen molar-refractivity contribution in [2.45, 2.75) is 17.7 Å². The summed E-state index contributed by atoms with van der Waals surface area (Å²) in [5.41, 5.74) is 1.36. The molecule has 27 heavy (non-hydrogen) atoms. The van der Waals surface area contributed by atoms with Crippen LogP contribution in [0.25, 0.3) is 0 Å². The van der Waals surface area contributed by atoms with Gasteiger partial charge in [-0.3, -0.25) is 9.59 Å². The predicted octanol–water partition coefficient (Wildman–Crippen LogP) is 2.97. The molecule has 1 fully saturated rings. The molecule has 1 atom stereocenters. The largest absolute Gasteiger partial charge is 0.465 e. The van der Waals surface area contributed by atoms with Gasteiger partial charge < -0.3 is 10.1 Å². The Morgan fingerprint density at radius 2 is 1.85 bits per heavy atom. The number of ether oxygens (including phenoxy) is 1. The van der Waals surface area contributed by atoms with Crippen molar-refractivity contribution in [3.63, 3.8) is 0 Å². The second kappa shape index (κ2) is 8.22. The van der Waals surface area contributed by atoms with E-state index in [9.17, 15) is 18.0 Å². The molecule has 6 nitrogen and oxygen atoms in total. The van der Waals surface area contributed by atoms with Gasteiger partial charge in [0.15, 0.2) is 9.84 Å². The number of nitrogens with one attached hydrogen (secondary N) is 1. The monoisotopic (exact) mass is 451 g/mol. The Balaban J connectivity index is 1.63. The third-order valence-electron chi connectivity index (χ3n) is 4.27. The van der Waals surface area contributed by atoms with Gasteiger partial charge >= 0.3 is 5.97 Å². The molecule has 0 bridgehead atoms.